The zero-order valence-corrected chi connectivity index (χ0v) is 11.0. The van der Waals surface area contributed by atoms with Crippen LogP contribution in [0.1, 0.15) is 10.5 Å². The number of rotatable bonds is 3. The third kappa shape index (κ3) is 2.50. The molecule has 0 bridgehead atoms. The monoisotopic (exact) mass is 286 g/mol. The fourth-order valence-electron chi connectivity index (χ4n) is 1.60. The van der Waals surface area contributed by atoms with E-state index in [0.717, 1.165) is 5.69 Å². The Morgan fingerprint density at radius 2 is 2.05 bits per heavy atom. The first-order chi connectivity index (χ1) is 9.72. The minimum Gasteiger partial charge on any atom is -0.399 e. The number of amides is 1. The topological polar surface area (TPSA) is 98.7 Å². The molecule has 0 aliphatic rings. The molecule has 0 aliphatic carbocycles. The molecule has 0 saturated carbocycles. The molecule has 8 heteroatoms. The quantitative estimate of drug-likeness (QED) is 0.712. The van der Waals surface area contributed by atoms with Crippen LogP contribution in [0.25, 0.3) is 5.69 Å². The van der Waals surface area contributed by atoms with E-state index >= 15 is 0 Å². The Kier molecular flexibility index (Phi) is 3.13. The summed E-state index contributed by atoms with van der Waals surface area (Å²) in [6.45, 7) is 0. The Labute approximate surface area is 118 Å². The van der Waals surface area contributed by atoms with Gasteiger partial charge in [-0.05, 0) is 30.3 Å². The lowest BCUT2D eigenvalue weighted by molar-refractivity contribution is 0.102. The normalized spacial score (nSPS) is 10.4. The lowest BCUT2D eigenvalue weighted by atomic mass is 10.3. The molecule has 0 unspecified atom stereocenters. The molecule has 2 aromatic heterocycles. The number of aromatic nitrogens is 4. The molecule has 1 amide bonds. The molecule has 3 rings (SSSR count). The van der Waals surface area contributed by atoms with Gasteiger partial charge in [-0.1, -0.05) is 11.3 Å². The van der Waals surface area contributed by atoms with E-state index in [4.69, 9.17) is 5.73 Å². The molecule has 7 nitrogen and oxygen atoms in total. The number of nitrogens with zero attached hydrogens (tertiary/aromatic N) is 4. The fraction of sp³-hybridized carbons (Fsp3) is 0. The van der Waals surface area contributed by atoms with Gasteiger partial charge < -0.3 is 5.73 Å². The van der Waals surface area contributed by atoms with E-state index in [0.29, 0.717) is 16.5 Å². The van der Waals surface area contributed by atoms with Crippen molar-refractivity contribution in [2.45, 2.75) is 0 Å². The smallest absolute Gasteiger partial charge is 0.277 e. The molecule has 0 fully saturated rings. The molecular weight excluding hydrogens is 276 g/mol. The summed E-state index contributed by atoms with van der Waals surface area (Å²) in [5.74, 6) is -0.323. The average molecular weight is 286 g/mol. The van der Waals surface area contributed by atoms with Gasteiger partial charge in [-0.2, -0.15) is 5.10 Å². The average Bonchev–Trinajstić information content (AvgIpc) is 3.10. The molecule has 0 saturated heterocycles. The number of hydrogen-bond donors (Lipinski definition) is 2. The minimum absolute atomic E-state index is 0.303. The first kappa shape index (κ1) is 12.3. The van der Waals surface area contributed by atoms with Crippen LogP contribution in [0.5, 0.6) is 0 Å². The van der Waals surface area contributed by atoms with Crippen LogP contribution in [0.2, 0.25) is 0 Å². The van der Waals surface area contributed by atoms with Crippen molar-refractivity contribution >= 4 is 28.1 Å². The van der Waals surface area contributed by atoms with Crippen molar-refractivity contribution in [3.05, 3.63) is 47.7 Å². The summed E-state index contributed by atoms with van der Waals surface area (Å²) in [6.07, 6.45) is 1.71. The van der Waals surface area contributed by atoms with Crippen molar-refractivity contribution in [1.29, 1.82) is 0 Å². The molecule has 1 aromatic carbocycles. The van der Waals surface area contributed by atoms with E-state index in [2.05, 4.69) is 20.6 Å². The number of nitrogens with one attached hydrogen (secondary N) is 1. The number of carbonyl (C=O) groups excluding carboxylic acids is 1. The van der Waals surface area contributed by atoms with Gasteiger partial charge in [-0.15, -0.1) is 10.2 Å². The van der Waals surface area contributed by atoms with Gasteiger partial charge in [-0.3, -0.25) is 10.1 Å². The standard InChI is InChI=1S/C12H10N6OS/c13-8-1-3-9(4-2-8)18-6-5-10(17-18)11(19)15-12-16-14-7-20-12/h1-7H,13H2,(H,15,16,19). The van der Waals surface area contributed by atoms with Gasteiger partial charge in [0.25, 0.3) is 5.91 Å². The second kappa shape index (κ2) is 5.10. The van der Waals surface area contributed by atoms with Crippen molar-refractivity contribution in [1.82, 2.24) is 20.0 Å². The van der Waals surface area contributed by atoms with Gasteiger partial charge >= 0.3 is 0 Å². The second-order valence-electron chi connectivity index (χ2n) is 3.94. The zero-order chi connectivity index (χ0) is 13.9. The SMILES string of the molecule is Nc1ccc(-n2ccc(C(=O)Nc3nncs3)n2)cc1. The predicted molar refractivity (Wildman–Crippen MR) is 75.8 cm³/mol. The maximum atomic E-state index is 11.9. The van der Waals surface area contributed by atoms with Crippen LogP contribution < -0.4 is 11.1 Å². The highest BCUT2D eigenvalue weighted by atomic mass is 32.1. The van der Waals surface area contributed by atoms with Crippen LogP contribution in [0.3, 0.4) is 0 Å². The van der Waals surface area contributed by atoms with Crippen LogP contribution >= 0.6 is 11.3 Å². The highest BCUT2D eigenvalue weighted by Crippen LogP contribution is 2.12. The van der Waals surface area contributed by atoms with Crippen LogP contribution in [0, 0.1) is 0 Å². The Hall–Kier alpha value is -2.74. The van der Waals surface area contributed by atoms with E-state index < -0.39 is 0 Å². The second-order valence-corrected chi connectivity index (χ2v) is 4.77. The third-order valence-corrected chi connectivity index (χ3v) is 3.17. The molecule has 0 radical (unpaired) electrons. The Morgan fingerprint density at radius 3 is 2.75 bits per heavy atom. The van der Waals surface area contributed by atoms with Crippen molar-refractivity contribution in [2.24, 2.45) is 0 Å². The van der Waals surface area contributed by atoms with E-state index in [9.17, 15) is 4.79 Å². The van der Waals surface area contributed by atoms with Crippen molar-refractivity contribution in [3.8, 4) is 5.69 Å². The van der Waals surface area contributed by atoms with Crippen LogP contribution in [0.4, 0.5) is 10.8 Å². The van der Waals surface area contributed by atoms with Crippen LogP contribution in [-0.4, -0.2) is 25.9 Å². The molecule has 20 heavy (non-hydrogen) atoms. The lowest BCUT2D eigenvalue weighted by Gasteiger charge is -2.01. The summed E-state index contributed by atoms with van der Waals surface area (Å²) in [6, 6.07) is 8.84. The summed E-state index contributed by atoms with van der Waals surface area (Å²) in [7, 11) is 0. The van der Waals surface area contributed by atoms with Crippen molar-refractivity contribution in [2.75, 3.05) is 11.1 Å². The summed E-state index contributed by atoms with van der Waals surface area (Å²) in [4.78, 5) is 11.9. The van der Waals surface area contributed by atoms with Crippen LogP contribution in [0.15, 0.2) is 42.0 Å². The molecule has 0 spiro atoms. The molecule has 3 aromatic rings. The molecule has 2 heterocycles. The molecule has 3 N–H and O–H groups in total. The van der Waals surface area contributed by atoms with Gasteiger partial charge in [0.1, 0.15) is 5.51 Å². The van der Waals surface area contributed by atoms with Gasteiger partial charge in [0, 0.05) is 11.9 Å². The largest absolute Gasteiger partial charge is 0.399 e. The highest BCUT2D eigenvalue weighted by Gasteiger charge is 2.11. The molecule has 0 atom stereocenters. The first-order valence-corrected chi connectivity index (χ1v) is 6.59. The van der Waals surface area contributed by atoms with Crippen molar-refractivity contribution < 1.29 is 4.79 Å². The number of nitrogen functional groups attached to an aromatic ring is 1. The van der Waals surface area contributed by atoms with Gasteiger partial charge in [0.15, 0.2) is 5.69 Å². The third-order valence-electron chi connectivity index (χ3n) is 2.56. The fourth-order valence-corrected chi connectivity index (χ4v) is 2.04. The zero-order valence-electron chi connectivity index (χ0n) is 10.2. The maximum absolute atomic E-state index is 11.9. The summed E-state index contributed by atoms with van der Waals surface area (Å²) < 4.78 is 1.61. The summed E-state index contributed by atoms with van der Waals surface area (Å²) in [5.41, 5.74) is 8.98. The molecule has 100 valence electrons. The van der Waals surface area contributed by atoms with Gasteiger partial charge in [-0.25, -0.2) is 4.68 Å². The minimum atomic E-state index is -0.323. The van der Waals surface area contributed by atoms with E-state index in [1.165, 1.54) is 11.3 Å². The van der Waals surface area contributed by atoms with Gasteiger partial charge in [0.05, 0.1) is 5.69 Å². The predicted octanol–water partition coefficient (Wildman–Crippen LogP) is 1.56. The van der Waals surface area contributed by atoms with Crippen molar-refractivity contribution in [3.63, 3.8) is 0 Å². The van der Waals surface area contributed by atoms with Gasteiger partial charge in [0.2, 0.25) is 5.13 Å². The van der Waals surface area contributed by atoms with Crippen LogP contribution in [-0.2, 0) is 0 Å². The highest BCUT2D eigenvalue weighted by molar-refractivity contribution is 7.13. The number of nitrogens with two attached hydrogens (primary N) is 1. The maximum Gasteiger partial charge on any atom is 0.277 e. The Morgan fingerprint density at radius 1 is 1.25 bits per heavy atom. The number of carbonyl (C=O) groups is 1. The molecular formula is C12H10N6OS. The summed E-state index contributed by atoms with van der Waals surface area (Å²) >= 11 is 1.25. The number of hydrogen-bond acceptors (Lipinski definition) is 6. The van der Waals surface area contributed by atoms with E-state index in [-0.39, 0.29) is 5.91 Å². The molecule has 0 aliphatic heterocycles. The first-order valence-electron chi connectivity index (χ1n) is 5.71. The number of benzene rings is 1. The summed E-state index contributed by atoms with van der Waals surface area (Å²) in [5, 5.41) is 14.7. The number of anilines is 2. The Balaban J connectivity index is 1.79. The Bertz CT molecular complexity index is 719. The lowest BCUT2D eigenvalue weighted by Crippen LogP contribution is -2.13. The van der Waals surface area contributed by atoms with E-state index in [1.54, 1.807) is 34.6 Å². The van der Waals surface area contributed by atoms with E-state index in [1.807, 2.05) is 12.1 Å².